The molecular formula is C18H17FN2O2. The maximum absolute atomic E-state index is 13.9. The summed E-state index contributed by atoms with van der Waals surface area (Å²) in [6, 6.07) is 9.14. The number of carbonyl (C=O) groups is 1. The third kappa shape index (κ3) is 2.19. The summed E-state index contributed by atoms with van der Waals surface area (Å²) in [5.74, 6) is -0.390. The molecule has 0 saturated heterocycles. The molecule has 1 aromatic carbocycles. The zero-order chi connectivity index (χ0) is 16.0. The maximum Gasteiger partial charge on any atom is 0.252 e. The van der Waals surface area contributed by atoms with Crippen LogP contribution in [0.2, 0.25) is 0 Å². The van der Waals surface area contributed by atoms with Gasteiger partial charge in [-0.1, -0.05) is 25.0 Å². The summed E-state index contributed by atoms with van der Waals surface area (Å²) in [5.41, 5.74) is 0.293. The molecule has 5 heteroatoms. The van der Waals surface area contributed by atoms with Gasteiger partial charge in [0, 0.05) is 12.1 Å². The highest BCUT2D eigenvalue weighted by Gasteiger charge is 2.36. The van der Waals surface area contributed by atoms with Gasteiger partial charge in [0.2, 0.25) is 0 Å². The van der Waals surface area contributed by atoms with Crippen LogP contribution in [0.25, 0.3) is 0 Å². The second kappa shape index (κ2) is 5.33. The zero-order valence-corrected chi connectivity index (χ0v) is 12.6. The predicted molar refractivity (Wildman–Crippen MR) is 85.5 cm³/mol. The summed E-state index contributed by atoms with van der Waals surface area (Å²) in [6.45, 7) is 0. The monoisotopic (exact) mass is 312 g/mol. The van der Waals surface area contributed by atoms with Gasteiger partial charge < -0.3 is 5.32 Å². The van der Waals surface area contributed by atoms with E-state index < -0.39 is 11.6 Å². The lowest BCUT2D eigenvalue weighted by atomic mass is 9.91. The minimum absolute atomic E-state index is 0.0330. The lowest BCUT2D eigenvalue weighted by molar-refractivity contribution is 0.103. The lowest BCUT2D eigenvalue weighted by Gasteiger charge is -2.25. The Labute approximate surface area is 132 Å². The number of hydrogen-bond acceptors (Lipinski definition) is 3. The van der Waals surface area contributed by atoms with E-state index in [0.717, 1.165) is 25.7 Å². The fraction of sp³-hybridized carbons (Fsp3) is 0.333. The second-order valence-electron chi connectivity index (χ2n) is 6.22. The van der Waals surface area contributed by atoms with Gasteiger partial charge >= 0.3 is 0 Å². The SMILES string of the molecule is O=C(c1ccccc1F)c1ccc(=O)n2c1N[C@H]1CCCC[C@@H]12. The van der Waals surface area contributed by atoms with Gasteiger partial charge in [-0.25, -0.2) is 4.39 Å². The van der Waals surface area contributed by atoms with Crippen molar-refractivity contribution >= 4 is 11.6 Å². The van der Waals surface area contributed by atoms with E-state index in [0.29, 0.717) is 11.4 Å². The highest BCUT2D eigenvalue weighted by Crippen LogP contribution is 2.38. The Kier molecular flexibility index (Phi) is 3.29. The van der Waals surface area contributed by atoms with E-state index in [-0.39, 0.29) is 23.2 Å². The molecule has 1 aliphatic carbocycles. The van der Waals surface area contributed by atoms with Gasteiger partial charge in [-0.2, -0.15) is 0 Å². The van der Waals surface area contributed by atoms with Crippen molar-refractivity contribution in [2.45, 2.75) is 37.8 Å². The predicted octanol–water partition coefficient (Wildman–Crippen LogP) is 3.13. The maximum atomic E-state index is 13.9. The van der Waals surface area contributed by atoms with Crippen LogP contribution in [0.4, 0.5) is 10.2 Å². The highest BCUT2D eigenvalue weighted by molar-refractivity contribution is 6.12. The first-order valence-electron chi connectivity index (χ1n) is 7.98. The molecule has 2 aliphatic rings. The molecule has 23 heavy (non-hydrogen) atoms. The average Bonchev–Trinajstić information content (AvgIpc) is 2.95. The number of halogens is 1. The number of hydrogen-bond donors (Lipinski definition) is 1. The summed E-state index contributed by atoms with van der Waals surface area (Å²) >= 11 is 0. The highest BCUT2D eigenvalue weighted by atomic mass is 19.1. The molecule has 4 rings (SSSR count). The number of anilines is 1. The number of aromatic nitrogens is 1. The molecule has 0 unspecified atom stereocenters. The third-order valence-corrected chi connectivity index (χ3v) is 4.87. The van der Waals surface area contributed by atoms with Crippen LogP contribution in [0.15, 0.2) is 41.2 Å². The minimum Gasteiger partial charge on any atom is -0.366 e. The number of ketones is 1. The van der Waals surface area contributed by atoms with Crippen molar-refractivity contribution in [3.63, 3.8) is 0 Å². The molecule has 0 amide bonds. The van der Waals surface area contributed by atoms with Crippen molar-refractivity contribution < 1.29 is 9.18 Å². The molecule has 0 spiro atoms. The Morgan fingerprint density at radius 2 is 1.87 bits per heavy atom. The van der Waals surface area contributed by atoms with Gasteiger partial charge in [-0.3, -0.25) is 14.2 Å². The molecule has 1 saturated carbocycles. The number of rotatable bonds is 2. The van der Waals surface area contributed by atoms with Crippen LogP contribution in [0.1, 0.15) is 47.6 Å². The van der Waals surface area contributed by atoms with Crippen LogP contribution in [-0.4, -0.2) is 16.4 Å². The normalized spacial score (nSPS) is 22.1. The Balaban J connectivity index is 1.83. The number of nitrogens with one attached hydrogen (secondary N) is 1. The van der Waals surface area contributed by atoms with E-state index in [4.69, 9.17) is 0 Å². The Morgan fingerprint density at radius 3 is 2.70 bits per heavy atom. The summed E-state index contributed by atoms with van der Waals surface area (Å²) in [7, 11) is 0. The topological polar surface area (TPSA) is 51.1 Å². The van der Waals surface area contributed by atoms with Crippen LogP contribution in [-0.2, 0) is 0 Å². The number of benzene rings is 1. The van der Waals surface area contributed by atoms with Crippen molar-refractivity contribution in [2.75, 3.05) is 5.32 Å². The smallest absolute Gasteiger partial charge is 0.252 e. The lowest BCUT2D eigenvalue weighted by Crippen LogP contribution is -2.29. The number of fused-ring (bicyclic) bond motifs is 3. The first kappa shape index (κ1) is 14.2. The summed E-state index contributed by atoms with van der Waals surface area (Å²) in [6.07, 6.45) is 4.12. The quantitative estimate of drug-likeness (QED) is 0.867. The molecule has 1 aliphatic heterocycles. The number of nitrogens with zero attached hydrogens (tertiary/aromatic N) is 1. The Hall–Kier alpha value is -2.43. The van der Waals surface area contributed by atoms with Gasteiger partial charge in [0.05, 0.1) is 17.2 Å². The fourth-order valence-corrected chi connectivity index (χ4v) is 3.77. The van der Waals surface area contributed by atoms with E-state index in [2.05, 4.69) is 5.32 Å². The number of carbonyl (C=O) groups excluding carboxylic acids is 1. The standard InChI is InChI=1S/C18H17FN2O2/c19-13-6-2-1-5-11(13)17(23)12-9-10-16(22)21-15-8-4-3-7-14(15)20-18(12)21/h1-2,5-6,9-10,14-15,20H,3-4,7-8H2/t14-,15-/m0/s1. The Morgan fingerprint density at radius 1 is 1.09 bits per heavy atom. The summed E-state index contributed by atoms with van der Waals surface area (Å²) in [5, 5.41) is 3.34. The molecule has 2 aromatic rings. The van der Waals surface area contributed by atoms with Gasteiger partial charge in [0.25, 0.3) is 5.56 Å². The second-order valence-corrected chi connectivity index (χ2v) is 6.22. The molecule has 1 fully saturated rings. The fourth-order valence-electron chi connectivity index (χ4n) is 3.77. The van der Waals surface area contributed by atoms with Crippen LogP contribution in [0, 0.1) is 5.82 Å². The largest absolute Gasteiger partial charge is 0.366 e. The van der Waals surface area contributed by atoms with Crippen LogP contribution in [0.5, 0.6) is 0 Å². The first-order chi connectivity index (χ1) is 11.2. The molecule has 2 heterocycles. The number of pyridine rings is 1. The molecule has 2 atom stereocenters. The third-order valence-electron chi connectivity index (χ3n) is 4.87. The van der Waals surface area contributed by atoms with Crippen molar-refractivity contribution in [3.05, 3.63) is 63.7 Å². The van der Waals surface area contributed by atoms with Gasteiger partial charge in [-0.05, 0) is 31.0 Å². The van der Waals surface area contributed by atoms with Crippen LogP contribution >= 0.6 is 0 Å². The van der Waals surface area contributed by atoms with E-state index in [9.17, 15) is 14.0 Å². The van der Waals surface area contributed by atoms with E-state index in [1.54, 1.807) is 16.7 Å². The average molecular weight is 312 g/mol. The first-order valence-corrected chi connectivity index (χ1v) is 7.98. The van der Waals surface area contributed by atoms with E-state index >= 15 is 0 Å². The van der Waals surface area contributed by atoms with Crippen LogP contribution in [0.3, 0.4) is 0 Å². The van der Waals surface area contributed by atoms with Crippen molar-refractivity contribution in [3.8, 4) is 0 Å². The molecule has 0 bridgehead atoms. The van der Waals surface area contributed by atoms with Crippen LogP contribution < -0.4 is 10.9 Å². The zero-order valence-electron chi connectivity index (χ0n) is 12.6. The van der Waals surface area contributed by atoms with E-state index in [1.165, 1.54) is 24.3 Å². The van der Waals surface area contributed by atoms with Gasteiger partial charge in [0.1, 0.15) is 11.6 Å². The van der Waals surface area contributed by atoms with E-state index in [1.807, 2.05) is 0 Å². The minimum atomic E-state index is -0.544. The summed E-state index contributed by atoms with van der Waals surface area (Å²) < 4.78 is 15.6. The van der Waals surface area contributed by atoms with Crippen molar-refractivity contribution in [1.29, 1.82) is 0 Å². The van der Waals surface area contributed by atoms with Crippen molar-refractivity contribution in [1.82, 2.24) is 4.57 Å². The van der Waals surface area contributed by atoms with Gasteiger partial charge in [-0.15, -0.1) is 0 Å². The Bertz CT molecular complexity index is 843. The molecule has 1 aromatic heterocycles. The summed E-state index contributed by atoms with van der Waals surface area (Å²) in [4.78, 5) is 25.0. The molecule has 118 valence electrons. The molecule has 0 radical (unpaired) electrons. The molecular weight excluding hydrogens is 295 g/mol. The van der Waals surface area contributed by atoms with Gasteiger partial charge in [0.15, 0.2) is 5.78 Å². The molecule has 1 N–H and O–H groups in total. The van der Waals surface area contributed by atoms with Crippen molar-refractivity contribution in [2.24, 2.45) is 0 Å². The molecule has 4 nitrogen and oxygen atoms in total.